The minimum absolute atomic E-state index is 0.224. The van der Waals surface area contributed by atoms with Gasteiger partial charge in [0, 0.05) is 17.7 Å². The summed E-state index contributed by atoms with van der Waals surface area (Å²) in [5.74, 6) is 0.465. The van der Waals surface area contributed by atoms with Gasteiger partial charge in [-0.3, -0.25) is 0 Å². The zero-order valence-electron chi connectivity index (χ0n) is 16.3. The minimum Gasteiger partial charge on any atom is -0.427 e. The van der Waals surface area contributed by atoms with Gasteiger partial charge in [0.15, 0.2) is 14.9 Å². The van der Waals surface area contributed by atoms with E-state index in [1.54, 1.807) is 19.1 Å². The second-order valence-electron chi connectivity index (χ2n) is 6.28. The van der Waals surface area contributed by atoms with Gasteiger partial charge in [0.25, 0.3) is 0 Å². The number of rotatable bonds is 7. The number of allylic oxidation sites excluding steroid dienone is 6. The van der Waals surface area contributed by atoms with E-state index in [1.165, 1.54) is 24.1 Å². The Balaban J connectivity index is 1.96. The van der Waals surface area contributed by atoms with Gasteiger partial charge in [-0.15, -0.1) is 0 Å². The maximum absolute atomic E-state index is 11.8. The number of nitrogens with zero attached hydrogens (tertiary/aromatic N) is 1. The molecule has 2 aromatic rings. The van der Waals surface area contributed by atoms with Gasteiger partial charge in [0.05, 0.1) is 10.6 Å². The van der Waals surface area contributed by atoms with Crippen LogP contribution in [-0.4, -0.2) is 26.2 Å². The molecule has 0 aliphatic carbocycles. The molecule has 0 spiro atoms. The first kappa shape index (κ1) is 21.0. The SMILES string of the molecule is C=C(/C=C\C(=C/C)S(C)(=O)=O)c1nc(C2=CC=CCN2)oc1Sc1ccccc1. The lowest BCUT2D eigenvalue weighted by Gasteiger charge is -2.07. The Labute approximate surface area is 175 Å². The Kier molecular flexibility index (Phi) is 6.61. The summed E-state index contributed by atoms with van der Waals surface area (Å²) in [5.41, 5.74) is 1.93. The molecule has 29 heavy (non-hydrogen) atoms. The van der Waals surface area contributed by atoms with Crippen molar-refractivity contribution < 1.29 is 12.8 Å². The van der Waals surface area contributed by atoms with Gasteiger partial charge < -0.3 is 9.73 Å². The number of hydrogen-bond acceptors (Lipinski definition) is 6. The molecule has 2 heterocycles. The summed E-state index contributed by atoms with van der Waals surface area (Å²) in [4.78, 5) is 5.85. The van der Waals surface area contributed by atoms with Crippen LogP contribution in [0.25, 0.3) is 11.3 Å². The smallest absolute Gasteiger partial charge is 0.244 e. The number of dihydropyridines is 1. The van der Waals surface area contributed by atoms with E-state index in [1.807, 2.05) is 48.6 Å². The number of sulfone groups is 1. The Morgan fingerprint density at radius 1 is 1.28 bits per heavy atom. The molecular formula is C22H22N2O3S2. The van der Waals surface area contributed by atoms with Gasteiger partial charge in [-0.1, -0.05) is 49.1 Å². The monoisotopic (exact) mass is 426 g/mol. The van der Waals surface area contributed by atoms with E-state index in [0.29, 0.717) is 28.8 Å². The molecule has 0 saturated carbocycles. The highest BCUT2D eigenvalue weighted by Crippen LogP contribution is 2.35. The fourth-order valence-corrected chi connectivity index (χ4v) is 4.24. The number of nitrogens with one attached hydrogen (secondary N) is 1. The van der Waals surface area contributed by atoms with E-state index in [-0.39, 0.29) is 4.91 Å². The predicted molar refractivity (Wildman–Crippen MR) is 119 cm³/mol. The Hall–Kier alpha value is -2.77. The Morgan fingerprint density at radius 2 is 2.03 bits per heavy atom. The third-order valence-corrected chi connectivity index (χ3v) is 6.25. The van der Waals surface area contributed by atoms with Crippen LogP contribution in [0.3, 0.4) is 0 Å². The highest BCUT2D eigenvalue weighted by atomic mass is 32.2. The van der Waals surface area contributed by atoms with E-state index in [2.05, 4.69) is 16.9 Å². The van der Waals surface area contributed by atoms with Gasteiger partial charge >= 0.3 is 0 Å². The van der Waals surface area contributed by atoms with Crippen LogP contribution < -0.4 is 5.32 Å². The van der Waals surface area contributed by atoms with Crippen LogP contribution >= 0.6 is 11.8 Å². The molecule has 1 aliphatic heterocycles. The molecule has 1 aliphatic rings. The van der Waals surface area contributed by atoms with Crippen LogP contribution in [0.2, 0.25) is 0 Å². The molecule has 0 unspecified atom stereocenters. The van der Waals surface area contributed by atoms with Gasteiger partial charge in [-0.05, 0) is 48.5 Å². The molecule has 0 radical (unpaired) electrons. The maximum atomic E-state index is 11.8. The zero-order valence-corrected chi connectivity index (χ0v) is 17.9. The van der Waals surface area contributed by atoms with Crippen molar-refractivity contribution in [2.45, 2.75) is 16.9 Å². The lowest BCUT2D eigenvalue weighted by Crippen LogP contribution is -2.14. The summed E-state index contributed by atoms with van der Waals surface area (Å²) < 4.78 is 29.7. The standard InChI is InChI=1S/C22H22N2O3S2/c1-4-18(29(3,25)26)14-13-16(2)20-22(28-17-10-6-5-7-11-17)27-21(24-20)19-12-8-9-15-23-19/h4-14,23H,2,15H2,1,3H3/b14-13-,18-4+. The molecule has 0 fully saturated rings. The van der Waals surface area contributed by atoms with E-state index in [9.17, 15) is 8.42 Å². The van der Waals surface area contributed by atoms with Crippen LogP contribution in [0, 0.1) is 0 Å². The first-order chi connectivity index (χ1) is 13.9. The number of aromatic nitrogens is 1. The highest BCUT2D eigenvalue weighted by molar-refractivity contribution is 7.99. The zero-order chi connectivity index (χ0) is 20.9. The third-order valence-electron chi connectivity index (χ3n) is 4.06. The minimum atomic E-state index is -3.31. The van der Waals surface area contributed by atoms with Crippen LogP contribution in [-0.2, 0) is 9.84 Å². The summed E-state index contributed by atoms with van der Waals surface area (Å²) >= 11 is 1.44. The molecule has 5 nitrogen and oxygen atoms in total. The highest BCUT2D eigenvalue weighted by Gasteiger charge is 2.19. The average Bonchev–Trinajstić information content (AvgIpc) is 3.12. The molecule has 7 heteroatoms. The van der Waals surface area contributed by atoms with Gasteiger partial charge in [0.2, 0.25) is 5.89 Å². The van der Waals surface area contributed by atoms with E-state index < -0.39 is 9.84 Å². The van der Waals surface area contributed by atoms with Crippen molar-refractivity contribution in [2.24, 2.45) is 0 Å². The van der Waals surface area contributed by atoms with E-state index in [4.69, 9.17) is 4.42 Å². The van der Waals surface area contributed by atoms with Gasteiger partial charge in [0.1, 0.15) is 5.69 Å². The van der Waals surface area contributed by atoms with Crippen molar-refractivity contribution in [3.63, 3.8) is 0 Å². The molecule has 0 amide bonds. The summed E-state index contributed by atoms with van der Waals surface area (Å²) in [6.07, 6.45) is 11.7. The first-order valence-electron chi connectivity index (χ1n) is 8.97. The van der Waals surface area contributed by atoms with Crippen LogP contribution in [0.4, 0.5) is 0 Å². The lowest BCUT2D eigenvalue weighted by molar-refractivity contribution is 0.453. The van der Waals surface area contributed by atoms with Gasteiger partial charge in [-0.2, -0.15) is 0 Å². The maximum Gasteiger partial charge on any atom is 0.244 e. The fourth-order valence-electron chi connectivity index (χ4n) is 2.59. The van der Waals surface area contributed by atoms with Crippen LogP contribution in [0.5, 0.6) is 0 Å². The van der Waals surface area contributed by atoms with Gasteiger partial charge in [-0.25, -0.2) is 13.4 Å². The number of hydrogen-bond donors (Lipinski definition) is 1. The fraction of sp³-hybridized carbons (Fsp3) is 0.136. The van der Waals surface area contributed by atoms with Crippen molar-refractivity contribution in [2.75, 3.05) is 12.8 Å². The van der Waals surface area contributed by atoms with Crippen molar-refractivity contribution in [3.8, 4) is 0 Å². The van der Waals surface area contributed by atoms with Crippen LogP contribution in [0.1, 0.15) is 18.5 Å². The molecule has 0 saturated heterocycles. The largest absolute Gasteiger partial charge is 0.427 e. The van der Waals surface area contributed by atoms with Crippen molar-refractivity contribution in [3.05, 3.63) is 89.9 Å². The summed E-state index contributed by atoms with van der Waals surface area (Å²) in [7, 11) is -3.31. The van der Waals surface area contributed by atoms with Crippen molar-refractivity contribution in [1.82, 2.24) is 10.3 Å². The molecule has 1 N–H and O–H groups in total. The Morgan fingerprint density at radius 3 is 2.66 bits per heavy atom. The molecule has 150 valence electrons. The molecule has 0 bridgehead atoms. The molecule has 1 aromatic carbocycles. The predicted octanol–water partition coefficient (Wildman–Crippen LogP) is 4.84. The second-order valence-corrected chi connectivity index (χ2v) is 9.34. The van der Waals surface area contributed by atoms with E-state index >= 15 is 0 Å². The van der Waals surface area contributed by atoms with Crippen molar-refractivity contribution in [1.29, 1.82) is 0 Å². The molecule has 3 rings (SSSR count). The number of benzene rings is 1. The topological polar surface area (TPSA) is 72.2 Å². The lowest BCUT2D eigenvalue weighted by atomic mass is 10.2. The average molecular weight is 427 g/mol. The quantitative estimate of drug-likeness (QED) is 0.639. The van der Waals surface area contributed by atoms with Crippen LogP contribution in [0.15, 0.2) is 92.7 Å². The summed E-state index contributed by atoms with van der Waals surface area (Å²) in [6.45, 7) is 6.46. The van der Waals surface area contributed by atoms with Crippen molar-refractivity contribution >= 4 is 32.9 Å². The van der Waals surface area contributed by atoms with E-state index in [0.717, 1.165) is 10.6 Å². The Bertz CT molecular complexity index is 1120. The summed E-state index contributed by atoms with van der Waals surface area (Å²) in [5, 5.41) is 3.83. The second kappa shape index (κ2) is 9.15. The summed E-state index contributed by atoms with van der Waals surface area (Å²) in [6, 6.07) is 9.82. The number of oxazole rings is 1. The third kappa shape index (κ3) is 5.40. The molecular weight excluding hydrogens is 404 g/mol. The normalized spacial score (nSPS) is 14.7. The first-order valence-corrected chi connectivity index (χ1v) is 11.7. The molecule has 0 atom stereocenters. The molecule has 1 aromatic heterocycles.